The van der Waals surface area contributed by atoms with Crippen LogP contribution < -0.4 is 34.3 Å². The predicted octanol–water partition coefficient (Wildman–Crippen LogP) is 1.14. The van der Waals surface area contributed by atoms with Crippen LogP contribution in [0.1, 0.15) is 45.4 Å². The fourth-order valence-corrected chi connectivity index (χ4v) is 2.45. The summed E-state index contributed by atoms with van der Waals surface area (Å²) in [6.45, 7) is 2.12. The molecule has 1 aromatic rings. The molecular formula is C15H20FNaO4S. The zero-order chi connectivity index (χ0) is 15.7. The molecule has 0 unspecified atom stereocenters. The summed E-state index contributed by atoms with van der Waals surface area (Å²) in [6.07, 6.45) is 7.07. The molecule has 0 aliphatic rings. The van der Waals surface area contributed by atoms with E-state index in [0.29, 0.717) is 6.42 Å². The van der Waals surface area contributed by atoms with Crippen LogP contribution in [0.4, 0.5) is 4.39 Å². The van der Waals surface area contributed by atoms with Crippen LogP contribution in [-0.4, -0.2) is 13.0 Å². The van der Waals surface area contributed by atoms with Crippen molar-refractivity contribution in [3.63, 3.8) is 0 Å². The fraction of sp³-hybridized carbons (Fsp3) is 0.467. The third-order valence-corrected chi connectivity index (χ3v) is 3.81. The summed E-state index contributed by atoms with van der Waals surface area (Å²) >= 11 is 0. The molecule has 0 fully saturated rings. The van der Waals surface area contributed by atoms with Crippen molar-refractivity contribution in [2.75, 3.05) is 0 Å². The maximum atomic E-state index is 13.6. The number of hydrogen-bond acceptors (Lipinski definition) is 4. The Labute approximate surface area is 153 Å². The first-order valence-electron chi connectivity index (χ1n) is 7.03. The van der Waals surface area contributed by atoms with Gasteiger partial charge in [-0.25, -0.2) is 8.42 Å². The van der Waals surface area contributed by atoms with Crippen LogP contribution in [0, 0.1) is 0 Å². The van der Waals surface area contributed by atoms with Gasteiger partial charge in [-0.05, 0) is 31.1 Å². The van der Waals surface area contributed by atoms with E-state index in [2.05, 4.69) is 6.92 Å². The van der Waals surface area contributed by atoms with Crippen molar-refractivity contribution < 1.29 is 51.7 Å². The van der Waals surface area contributed by atoms with Gasteiger partial charge in [0, 0.05) is 0 Å². The summed E-state index contributed by atoms with van der Waals surface area (Å²) in [7, 11) is -4.68. The number of unbranched alkanes of at least 4 members (excludes halogenated alkanes) is 5. The smallest absolute Gasteiger partial charge is 0.744 e. The second kappa shape index (κ2) is 11.2. The third kappa shape index (κ3) is 8.29. The Hall–Kier alpha value is -0.400. The molecule has 22 heavy (non-hydrogen) atoms. The van der Waals surface area contributed by atoms with E-state index in [1.54, 1.807) is 0 Å². The molecule has 0 N–H and O–H groups in total. The van der Waals surface area contributed by atoms with Crippen LogP contribution in [0.2, 0.25) is 0 Å². The first kappa shape index (κ1) is 21.6. The molecule has 1 rings (SSSR count). The summed E-state index contributed by atoms with van der Waals surface area (Å²) in [5.74, 6) is -0.285. The van der Waals surface area contributed by atoms with Crippen LogP contribution in [-0.2, 0) is 10.1 Å². The third-order valence-electron chi connectivity index (χ3n) is 2.94. The van der Waals surface area contributed by atoms with Gasteiger partial charge in [0.05, 0.1) is 4.90 Å². The van der Waals surface area contributed by atoms with Gasteiger partial charge in [-0.3, -0.25) is 0 Å². The van der Waals surface area contributed by atoms with Gasteiger partial charge in [0.1, 0.15) is 15.9 Å². The Balaban J connectivity index is 0.00000441. The Kier molecular flexibility index (Phi) is 11.0. The molecule has 0 aliphatic carbocycles. The Morgan fingerprint density at radius 3 is 2.50 bits per heavy atom. The molecule has 0 radical (unpaired) electrons. The van der Waals surface area contributed by atoms with Crippen molar-refractivity contribution in [1.82, 2.24) is 0 Å². The van der Waals surface area contributed by atoms with E-state index in [9.17, 15) is 17.4 Å². The Morgan fingerprint density at radius 1 is 1.23 bits per heavy atom. The molecular weight excluding hydrogens is 318 g/mol. The summed E-state index contributed by atoms with van der Waals surface area (Å²) in [4.78, 5) is -0.559. The molecule has 7 heteroatoms. The maximum Gasteiger partial charge on any atom is 1.00 e. The van der Waals surface area contributed by atoms with Gasteiger partial charge in [-0.2, -0.15) is 4.39 Å². The summed E-state index contributed by atoms with van der Waals surface area (Å²) in [5, 5.41) is 0. The second-order valence-electron chi connectivity index (χ2n) is 4.71. The normalized spacial score (nSPS) is 11.9. The number of hydrogen-bond donors (Lipinski definition) is 0. The molecule has 0 bridgehead atoms. The molecule has 0 aliphatic heterocycles. The molecule has 0 aromatic heterocycles. The van der Waals surface area contributed by atoms with Gasteiger partial charge in [0.15, 0.2) is 0 Å². The summed E-state index contributed by atoms with van der Waals surface area (Å²) in [6, 6.07) is 4.31. The molecule has 1 aromatic carbocycles. The van der Waals surface area contributed by atoms with Crippen molar-refractivity contribution >= 4 is 10.1 Å². The number of rotatable bonds is 9. The zero-order valence-electron chi connectivity index (χ0n) is 13.0. The Morgan fingerprint density at radius 2 is 1.86 bits per heavy atom. The fourth-order valence-electron chi connectivity index (χ4n) is 1.85. The van der Waals surface area contributed by atoms with Crippen LogP contribution in [0.15, 0.2) is 41.2 Å². The Bertz CT molecular complexity index is 573. The number of allylic oxidation sites excluding steroid dienone is 1. The van der Waals surface area contributed by atoms with E-state index >= 15 is 0 Å². The molecule has 0 saturated heterocycles. The van der Waals surface area contributed by atoms with Crippen molar-refractivity contribution in [1.29, 1.82) is 0 Å². The quantitative estimate of drug-likeness (QED) is 0.293. The van der Waals surface area contributed by atoms with Gasteiger partial charge in [-0.15, -0.1) is 0 Å². The van der Waals surface area contributed by atoms with E-state index in [-0.39, 0.29) is 35.3 Å². The summed E-state index contributed by atoms with van der Waals surface area (Å²) < 4.78 is 51.4. The van der Waals surface area contributed by atoms with Gasteiger partial charge in [0.2, 0.25) is 0 Å². The molecule has 4 nitrogen and oxygen atoms in total. The molecule has 0 amide bonds. The predicted molar refractivity (Wildman–Crippen MR) is 77.6 cm³/mol. The molecule has 118 valence electrons. The van der Waals surface area contributed by atoms with Gasteiger partial charge >= 0.3 is 29.6 Å². The van der Waals surface area contributed by atoms with Gasteiger partial charge < -0.3 is 9.29 Å². The minimum absolute atomic E-state index is 0. The van der Waals surface area contributed by atoms with Crippen molar-refractivity contribution in [3.8, 4) is 5.75 Å². The second-order valence-corrected chi connectivity index (χ2v) is 6.06. The molecule has 0 heterocycles. The minimum atomic E-state index is -4.68. The van der Waals surface area contributed by atoms with Crippen LogP contribution >= 0.6 is 0 Å². The van der Waals surface area contributed by atoms with Crippen molar-refractivity contribution in [2.24, 2.45) is 0 Å². The first-order valence-corrected chi connectivity index (χ1v) is 8.44. The topological polar surface area (TPSA) is 66.4 Å². The average Bonchev–Trinajstić information content (AvgIpc) is 2.42. The minimum Gasteiger partial charge on any atom is -0.744 e. The maximum absolute atomic E-state index is 13.6. The molecule has 0 spiro atoms. The SMILES string of the molecule is CCCCCCCC=C(F)Oc1ccccc1S(=O)(=O)[O-].[Na+]. The van der Waals surface area contributed by atoms with E-state index in [0.717, 1.165) is 38.2 Å². The largest absolute Gasteiger partial charge is 1.00 e. The number of para-hydroxylation sites is 1. The van der Waals surface area contributed by atoms with E-state index in [1.165, 1.54) is 24.3 Å². The number of benzene rings is 1. The van der Waals surface area contributed by atoms with Crippen molar-refractivity contribution in [3.05, 3.63) is 36.4 Å². The molecule has 0 atom stereocenters. The summed E-state index contributed by atoms with van der Waals surface area (Å²) in [5.41, 5.74) is 0. The van der Waals surface area contributed by atoms with Crippen molar-refractivity contribution in [2.45, 2.75) is 50.3 Å². The van der Waals surface area contributed by atoms with Crippen LogP contribution in [0.25, 0.3) is 0 Å². The molecule has 0 saturated carbocycles. The van der Waals surface area contributed by atoms with E-state index in [4.69, 9.17) is 4.74 Å². The number of halogens is 1. The van der Waals surface area contributed by atoms with Crippen LogP contribution in [0.5, 0.6) is 5.75 Å². The zero-order valence-corrected chi connectivity index (χ0v) is 15.9. The van der Waals surface area contributed by atoms with E-state index in [1.807, 2.05) is 0 Å². The van der Waals surface area contributed by atoms with E-state index < -0.39 is 21.0 Å². The van der Waals surface area contributed by atoms with Crippen LogP contribution in [0.3, 0.4) is 0 Å². The van der Waals surface area contributed by atoms with Gasteiger partial charge in [0.25, 0.3) is 6.01 Å². The standard InChI is InChI=1S/C15H21FO4S.Na/c1-2-3-4-5-6-7-12-15(16)20-13-10-8-9-11-14(13)21(17,18)19;/h8-12H,2-7H2,1H3,(H,17,18,19);/q;+1/p-1. The average molecular weight is 338 g/mol. The number of ether oxygens (including phenoxy) is 1. The van der Waals surface area contributed by atoms with Gasteiger partial charge in [-0.1, -0.05) is 44.7 Å². The first-order chi connectivity index (χ1) is 9.95. The monoisotopic (exact) mass is 338 g/mol.